The maximum atomic E-state index is 11.0. The number of carbonyl (C=O) groups is 1. The molecule has 12 heavy (non-hydrogen) atoms. The topological polar surface area (TPSA) is 26.3 Å². The lowest BCUT2D eigenvalue weighted by Gasteiger charge is -2.21. The van der Waals surface area contributed by atoms with Crippen LogP contribution in [0.5, 0.6) is 0 Å². The maximum absolute atomic E-state index is 11.0. The number of allylic oxidation sites excluding steroid dienone is 1. The Morgan fingerprint density at radius 1 is 1.58 bits per heavy atom. The molecule has 0 N–H and O–H groups in total. The predicted molar refractivity (Wildman–Crippen MR) is 48.0 cm³/mol. The van der Waals surface area contributed by atoms with Crippen LogP contribution in [0.2, 0.25) is 0 Å². The van der Waals surface area contributed by atoms with Crippen molar-refractivity contribution >= 4 is 5.78 Å². The number of carbonyl (C=O) groups excluding carboxylic acids is 1. The first-order chi connectivity index (χ1) is 5.70. The van der Waals surface area contributed by atoms with Gasteiger partial charge in [0.2, 0.25) is 0 Å². The van der Waals surface area contributed by atoms with E-state index < -0.39 is 0 Å². The standard InChI is InChI=1S/C10H16O2/c1-8(2)10-6-4-3-5-9(11)7-12-10/h3,5,8,10H,4,6-7H2,1-2H3. The summed E-state index contributed by atoms with van der Waals surface area (Å²) in [6.07, 6.45) is 5.80. The van der Waals surface area contributed by atoms with Crippen LogP contribution >= 0.6 is 0 Å². The first-order valence-electron chi connectivity index (χ1n) is 4.51. The summed E-state index contributed by atoms with van der Waals surface area (Å²) in [5.74, 6) is 0.588. The van der Waals surface area contributed by atoms with Crippen LogP contribution in [0, 0.1) is 5.92 Å². The Balaban J connectivity index is 2.49. The highest BCUT2D eigenvalue weighted by Crippen LogP contribution is 2.14. The first-order valence-corrected chi connectivity index (χ1v) is 4.51. The molecule has 0 spiro atoms. The van der Waals surface area contributed by atoms with E-state index in [4.69, 9.17) is 4.74 Å². The van der Waals surface area contributed by atoms with Gasteiger partial charge in [0.25, 0.3) is 0 Å². The smallest absolute Gasteiger partial charge is 0.180 e. The van der Waals surface area contributed by atoms with Gasteiger partial charge in [0.1, 0.15) is 6.61 Å². The number of rotatable bonds is 1. The molecule has 0 amide bonds. The molecule has 68 valence electrons. The van der Waals surface area contributed by atoms with Gasteiger partial charge in [-0.05, 0) is 24.8 Å². The third kappa shape index (κ3) is 2.78. The van der Waals surface area contributed by atoms with Crippen LogP contribution < -0.4 is 0 Å². The van der Waals surface area contributed by atoms with Crippen LogP contribution in [0.1, 0.15) is 26.7 Å². The van der Waals surface area contributed by atoms with E-state index in [2.05, 4.69) is 13.8 Å². The van der Waals surface area contributed by atoms with Crippen molar-refractivity contribution in [2.75, 3.05) is 6.61 Å². The molecule has 0 aromatic heterocycles. The molecule has 1 heterocycles. The third-order valence-corrected chi connectivity index (χ3v) is 2.10. The number of hydrogen-bond donors (Lipinski definition) is 0. The van der Waals surface area contributed by atoms with Crippen molar-refractivity contribution < 1.29 is 9.53 Å². The molecule has 1 atom stereocenters. The van der Waals surface area contributed by atoms with E-state index in [0.717, 1.165) is 12.8 Å². The average molecular weight is 168 g/mol. The van der Waals surface area contributed by atoms with Gasteiger partial charge >= 0.3 is 0 Å². The fraction of sp³-hybridized carbons (Fsp3) is 0.700. The summed E-state index contributed by atoms with van der Waals surface area (Å²) in [4.78, 5) is 11.0. The summed E-state index contributed by atoms with van der Waals surface area (Å²) < 4.78 is 5.46. The molecule has 2 nitrogen and oxygen atoms in total. The predicted octanol–water partition coefficient (Wildman–Crippen LogP) is 1.95. The van der Waals surface area contributed by atoms with E-state index in [-0.39, 0.29) is 18.5 Å². The zero-order valence-corrected chi connectivity index (χ0v) is 7.75. The third-order valence-electron chi connectivity index (χ3n) is 2.10. The summed E-state index contributed by atoms with van der Waals surface area (Å²) in [6, 6.07) is 0. The Hall–Kier alpha value is -0.630. The van der Waals surface area contributed by atoms with Crippen molar-refractivity contribution in [2.24, 2.45) is 5.92 Å². The minimum atomic E-state index is 0.0837. The van der Waals surface area contributed by atoms with Crippen molar-refractivity contribution in [1.82, 2.24) is 0 Å². The second-order valence-corrected chi connectivity index (χ2v) is 3.54. The highest BCUT2D eigenvalue weighted by Gasteiger charge is 2.15. The van der Waals surface area contributed by atoms with Crippen LogP contribution in [0.25, 0.3) is 0 Å². The Morgan fingerprint density at radius 2 is 2.33 bits per heavy atom. The van der Waals surface area contributed by atoms with Gasteiger partial charge in [0, 0.05) is 0 Å². The SMILES string of the molecule is CC(C)C1CCC=CC(=O)CO1. The highest BCUT2D eigenvalue weighted by atomic mass is 16.5. The summed E-state index contributed by atoms with van der Waals surface area (Å²) in [5.41, 5.74) is 0. The second kappa shape index (κ2) is 4.41. The summed E-state index contributed by atoms with van der Waals surface area (Å²) >= 11 is 0. The molecule has 1 unspecified atom stereocenters. The van der Waals surface area contributed by atoms with Crippen molar-refractivity contribution in [2.45, 2.75) is 32.8 Å². The van der Waals surface area contributed by atoms with E-state index in [1.165, 1.54) is 0 Å². The van der Waals surface area contributed by atoms with Crippen molar-refractivity contribution in [3.63, 3.8) is 0 Å². The second-order valence-electron chi connectivity index (χ2n) is 3.54. The van der Waals surface area contributed by atoms with E-state index in [1.54, 1.807) is 6.08 Å². The van der Waals surface area contributed by atoms with E-state index >= 15 is 0 Å². The monoisotopic (exact) mass is 168 g/mol. The highest BCUT2D eigenvalue weighted by molar-refractivity contribution is 5.90. The minimum absolute atomic E-state index is 0.0837. The first kappa shape index (κ1) is 9.46. The van der Waals surface area contributed by atoms with Crippen LogP contribution in [-0.4, -0.2) is 18.5 Å². The molecule has 0 bridgehead atoms. The van der Waals surface area contributed by atoms with Crippen molar-refractivity contribution in [3.05, 3.63) is 12.2 Å². The molecule has 1 rings (SSSR count). The summed E-state index contributed by atoms with van der Waals surface area (Å²) in [6.45, 7) is 4.50. The van der Waals surface area contributed by atoms with Crippen LogP contribution in [0.4, 0.5) is 0 Å². The van der Waals surface area contributed by atoms with Gasteiger partial charge in [-0.1, -0.05) is 19.9 Å². The largest absolute Gasteiger partial charge is 0.370 e. The molecule has 1 aliphatic rings. The van der Waals surface area contributed by atoms with Crippen molar-refractivity contribution in [3.8, 4) is 0 Å². The van der Waals surface area contributed by atoms with E-state index in [1.807, 2.05) is 6.08 Å². The molecule has 2 heteroatoms. The van der Waals surface area contributed by atoms with Gasteiger partial charge in [-0.3, -0.25) is 4.79 Å². The Kier molecular flexibility index (Phi) is 3.48. The van der Waals surface area contributed by atoms with Crippen LogP contribution in [0.15, 0.2) is 12.2 Å². The van der Waals surface area contributed by atoms with Gasteiger partial charge in [-0.15, -0.1) is 0 Å². The molecular formula is C10H16O2. The molecule has 0 saturated heterocycles. The van der Waals surface area contributed by atoms with Crippen LogP contribution in [0.3, 0.4) is 0 Å². The number of hydrogen-bond acceptors (Lipinski definition) is 2. The quantitative estimate of drug-likeness (QED) is 0.598. The lowest BCUT2D eigenvalue weighted by atomic mass is 10.0. The van der Waals surface area contributed by atoms with Crippen molar-refractivity contribution in [1.29, 1.82) is 0 Å². The molecule has 0 radical (unpaired) electrons. The van der Waals surface area contributed by atoms with Gasteiger partial charge < -0.3 is 4.74 Å². The maximum Gasteiger partial charge on any atom is 0.180 e. The van der Waals surface area contributed by atoms with Gasteiger partial charge in [-0.25, -0.2) is 0 Å². The van der Waals surface area contributed by atoms with Gasteiger partial charge in [-0.2, -0.15) is 0 Å². The lowest BCUT2D eigenvalue weighted by molar-refractivity contribution is -0.122. The fourth-order valence-electron chi connectivity index (χ4n) is 1.32. The molecule has 0 aliphatic carbocycles. The van der Waals surface area contributed by atoms with E-state index in [0.29, 0.717) is 5.92 Å². The average Bonchev–Trinajstić information content (AvgIpc) is 1.97. The fourth-order valence-corrected chi connectivity index (χ4v) is 1.32. The lowest BCUT2D eigenvalue weighted by Crippen LogP contribution is -2.23. The Morgan fingerprint density at radius 3 is 3.00 bits per heavy atom. The van der Waals surface area contributed by atoms with Gasteiger partial charge in [0.05, 0.1) is 6.10 Å². The molecule has 0 saturated carbocycles. The molecule has 0 fully saturated rings. The number of ketones is 1. The molecule has 1 aliphatic heterocycles. The molecule has 0 aromatic rings. The normalized spacial score (nSPS) is 25.6. The Bertz CT molecular complexity index is 182. The van der Waals surface area contributed by atoms with Crippen LogP contribution in [-0.2, 0) is 9.53 Å². The Labute approximate surface area is 73.6 Å². The zero-order chi connectivity index (χ0) is 8.97. The van der Waals surface area contributed by atoms with E-state index in [9.17, 15) is 4.79 Å². The zero-order valence-electron chi connectivity index (χ0n) is 7.75. The number of ether oxygens (including phenoxy) is 1. The summed E-state index contributed by atoms with van der Waals surface area (Å²) in [7, 11) is 0. The molecule has 0 aromatic carbocycles. The van der Waals surface area contributed by atoms with Gasteiger partial charge in [0.15, 0.2) is 5.78 Å². The summed E-state index contributed by atoms with van der Waals surface area (Å²) in [5, 5.41) is 0. The minimum Gasteiger partial charge on any atom is -0.370 e. The molecular weight excluding hydrogens is 152 g/mol.